The Labute approximate surface area is 167 Å². The lowest BCUT2D eigenvalue weighted by atomic mass is 10.2. The Kier molecular flexibility index (Phi) is 6.40. The molecule has 0 aromatic heterocycles. The second-order valence-corrected chi connectivity index (χ2v) is 6.49. The summed E-state index contributed by atoms with van der Waals surface area (Å²) in [6, 6.07) is 11.1. The molecule has 0 radical (unpaired) electrons. The number of anilines is 2. The monoisotopic (exact) mass is 399 g/mol. The zero-order valence-electron chi connectivity index (χ0n) is 15.9. The average molecular weight is 399 g/mol. The third-order valence-corrected chi connectivity index (χ3v) is 4.52. The number of ether oxygens (including phenoxy) is 2. The molecular weight excluding hydrogens is 378 g/mol. The minimum atomic E-state index is -0.908. The van der Waals surface area contributed by atoms with Crippen molar-refractivity contribution in [1.82, 2.24) is 0 Å². The summed E-state index contributed by atoms with van der Waals surface area (Å²) in [5.74, 6) is -0.296. The van der Waals surface area contributed by atoms with Crippen LogP contribution in [0.4, 0.5) is 17.1 Å². The quantitative estimate of drug-likeness (QED) is 0.433. The molecule has 0 spiro atoms. The predicted octanol–water partition coefficient (Wildman–Crippen LogP) is 2.65. The van der Waals surface area contributed by atoms with Crippen molar-refractivity contribution in [2.45, 2.75) is 13.0 Å². The molecule has 2 aromatic rings. The van der Waals surface area contributed by atoms with E-state index in [1.807, 2.05) is 12.1 Å². The normalized spacial score (nSPS) is 14.7. The van der Waals surface area contributed by atoms with Crippen molar-refractivity contribution >= 4 is 29.3 Å². The highest BCUT2D eigenvalue weighted by molar-refractivity contribution is 5.94. The number of nitro groups is 1. The Morgan fingerprint density at radius 1 is 1.24 bits per heavy atom. The van der Waals surface area contributed by atoms with Gasteiger partial charge in [0.25, 0.3) is 11.6 Å². The van der Waals surface area contributed by atoms with Crippen molar-refractivity contribution < 1.29 is 24.0 Å². The summed E-state index contributed by atoms with van der Waals surface area (Å²) < 4.78 is 10.9. The third kappa shape index (κ3) is 5.08. The molecule has 0 saturated carbocycles. The van der Waals surface area contributed by atoms with Crippen molar-refractivity contribution in [3.63, 3.8) is 0 Å². The number of morpholine rings is 1. The third-order valence-electron chi connectivity index (χ3n) is 4.52. The second kappa shape index (κ2) is 9.16. The molecule has 9 heteroatoms. The Morgan fingerprint density at radius 2 is 1.93 bits per heavy atom. The molecule has 9 nitrogen and oxygen atoms in total. The highest BCUT2D eigenvalue weighted by atomic mass is 16.6. The van der Waals surface area contributed by atoms with Gasteiger partial charge in [-0.25, -0.2) is 0 Å². The summed E-state index contributed by atoms with van der Waals surface area (Å²) in [4.78, 5) is 36.0. The first-order valence-corrected chi connectivity index (χ1v) is 9.12. The van der Waals surface area contributed by atoms with Crippen LogP contribution in [0.15, 0.2) is 42.5 Å². The molecule has 0 bridgehead atoms. The molecule has 2 aromatic carbocycles. The predicted molar refractivity (Wildman–Crippen MR) is 107 cm³/mol. The number of hydrogen-bond acceptors (Lipinski definition) is 7. The Bertz CT molecular complexity index is 894. The van der Waals surface area contributed by atoms with E-state index in [4.69, 9.17) is 9.47 Å². The van der Waals surface area contributed by atoms with Crippen LogP contribution in [0.3, 0.4) is 0 Å². The first-order chi connectivity index (χ1) is 14.0. The van der Waals surface area contributed by atoms with Gasteiger partial charge >= 0.3 is 0 Å². The molecule has 1 fully saturated rings. The maximum Gasteiger partial charge on any atom is 0.270 e. The number of rotatable bonds is 7. The highest BCUT2D eigenvalue weighted by Crippen LogP contribution is 2.24. The summed E-state index contributed by atoms with van der Waals surface area (Å²) in [6.45, 7) is 4.57. The largest absolute Gasteiger partial charge is 0.480 e. The van der Waals surface area contributed by atoms with Gasteiger partial charge in [0.05, 0.1) is 23.7 Å². The molecule has 1 N–H and O–H groups in total. The van der Waals surface area contributed by atoms with Crippen molar-refractivity contribution in [3.05, 3.63) is 58.1 Å². The van der Waals surface area contributed by atoms with Gasteiger partial charge in [0.1, 0.15) is 5.75 Å². The lowest BCUT2D eigenvalue weighted by molar-refractivity contribution is -0.384. The average Bonchev–Trinajstić information content (AvgIpc) is 2.75. The number of nitrogens with zero attached hydrogens (tertiary/aromatic N) is 2. The number of hydrogen-bond donors (Lipinski definition) is 1. The van der Waals surface area contributed by atoms with Gasteiger partial charge in [-0.15, -0.1) is 0 Å². The van der Waals surface area contributed by atoms with Crippen molar-refractivity contribution in [1.29, 1.82) is 0 Å². The number of carbonyl (C=O) groups excluding carboxylic acids is 2. The van der Waals surface area contributed by atoms with Gasteiger partial charge in [-0.3, -0.25) is 19.7 Å². The Hall–Kier alpha value is -3.46. The van der Waals surface area contributed by atoms with Crippen LogP contribution in [-0.2, 0) is 9.53 Å². The van der Waals surface area contributed by atoms with Crippen LogP contribution >= 0.6 is 0 Å². The van der Waals surface area contributed by atoms with Crippen molar-refractivity contribution in [3.8, 4) is 5.75 Å². The Balaban J connectivity index is 1.62. The molecule has 1 aliphatic heterocycles. The van der Waals surface area contributed by atoms with Crippen LogP contribution in [0.25, 0.3) is 0 Å². The number of carbonyl (C=O) groups is 2. The number of nitrogens with one attached hydrogen (secondary N) is 1. The number of aldehydes is 1. The van der Waals surface area contributed by atoms with E-state index in [0.717, 1.165) is 24.8 Å². The van der Waals surface area contributed by atoms with Crippen molar-refractivity contribution in [2.75, 3.05) is 36.5 Å². The fourth-order valence-corrected chi connectivity index (χ4v) is 2.91. The molecule has 29 heavy (non-hydrogen) atoms. The molecule has 1 amide bonds. The van der Waals surface area contributed by atoms with E-state index in [0.29, 0.717) is 25.2 Å². The summed E-state index contributed by atoms with van der Waals surface area (Å²) in [7, 11) is 0. The highest BCUT2D eigenvalue weighted by Gasteiger charge is 2.19. The molecule has 0 aliphatic carbocycles. The van der Waals surface area contributed by atoms with E-state index in [-0.39, 0.29) is 17.0 Å². The van der Waals surface area contributed by atoms with Gasteiger partial charge in [0.2, 0.25) is 0 Å². The molecular formula is C20H21N3O6. The van der Waals surface area contributed by atoms with E-state index >= 15 is 0 Å². The number of non-ortho nitro benzene ring substituents is 1. The van der Waals surface area contributed by atoms with E-state index < -0.39 is 16.9 Å². The molecule has 3 rings (SSSR count). The number of benzene rings is 2. The summed E-state index contributed by atoms with van der Waals surface area (Å²) in [5.41, 5.74) is 1.45. The first-order valence-electron chi connectivity index (χ1n) is 9.12. The van der Waals surface area contributed by atoms with Crippen LogP contribution < -0.4 is 15.0 Å². The number of amides is 1. The van der Waals surface area contributed by atoms with E-state index in [2.05, 4.69) is 10.2 Å². The van der Waals surface area contributed by atoms with Crippen LogP contribution in [0.2, 0.25) is 0 Å². The van der Waals surface area contributed by atoms with Gasteiger partial charge in [-0.2, -0.15) is 0 Å². The van der Waals surface area contributed by atoms with Crippen molar-refractivity contribution in [2.24, 2.45) is 0 Å². The van der Waals surface area contributed by atoms with Gasteiger partial charge < -0.3 is 19.7 Å². The first kappa shape index (κ1) is 20.3. The van der Waals surface area contributed by atoms with Gasteiger partial charge in [0, 0.05) is 36.6 Å². The molecule has 1 heterocycles. The van der Waals surface area contributed by atoms with E-state index in [1.165, 1.54) is 19.1 Å². The summed E-state index contributed by atoms with van der Waals surface area (Å²) in [6.07, 6.45) is -0.453. The lowest BCUT2D eigenvalue weighted by Gasteiger charge is -2.29. The standard InChI is InChI=1S/C20H21N3O6/c1-14(29-19-7-6-18(23(26)27)12-15(19)13-24)20(25)21-16-2-4-17(5-3-16)22-8-10-28-11-9-22/h2-7,12-14H,8-11H2,1H3,(H,21,25)/t14-/m0/s1. The maximum absolute atomic E-state index is 12.4. The molecule has 1 aliphatic rings. The van der Waals surface area contributed by atoms with E-state index in [1.54, 1.807) is 12.1 Å². The zero-order chi connectivity index (χ0) is 20.8. The fraction of sp³-hybridized carbons (Fsp3) is 0.300. The Morgan fingerprint density at radius 3 is 2.55 bits per heavy atom. The van der Waals surface area contributed by atoms with Crippen LogP contribution in [0.5, 0.6) is 5.75 Å². The summed E-state index contributed by atoms with van der Waals surface area (Å²) in [5, 5.41) is 13.6. The molecule has 1 saturated heterocycles. The topological polar surface area (TPSA) is 111 Å². The zero-order valence-corrected chi connectivity index (χ0v) is 15.9. The molecule has 0 unspecified atom stereocenters. The van der Waals surface area contributed by atoms with Gasteiger partial charge in [-0.05, 0) is 37.3 Å². The smallest absolute Gasteiger partial charge is 0.270 e. The minimum Gasteiger partial charge on any atom is -0.480 e. The van der Waals surface area contributed by atoms with Gasteiger partial charge in [0.15, 0.2) is 12.4 Å². The van der Waals surface area contributed by atoms with Crippen LogP contribution in [0.1, 0.15) is 17.3 Å². The second-order valence-electron chi connectivity index (χ2n) is 6.49. The maximum atomic E-state index is 12.4. The SMILES string of the molecule is C[C@H](Oc1ccc([N+](=O)[O-])cc1C=O)C(=O)Nc1ccc(N2CCOCC2)cc1. The van der Waals surface area contributed by atoms with Crippen LogP contribution in [-0.4, -0.2) is 49.5 Å². The fourth-order valence-electron chi connectivity index (χ4n) is 2.91. The molecule has 1 atom stereocenters. The molecule has 152 valence electrons. The summed E-state index contributed by atoms with van der Waals surface area (Å²) >= 11 is 0. The number of nitro benzene ring substituents is 1. The van der Waals surface area contributed by atoms with Crippen LogP contribution in [0, 0.1) is 10.1 Å². The minimum absolute atomic E-state index is 0.00807. The van der Waals surface area contributed by atoms with Gasteiger partial charge in [-0.1, -0.05) is 0 Å². The lowest BCUT2D eigenvalue weighted by Crippen LogP contribution is -2.36. The van der Waals surface area contributed by atoms with E-state index in [9.17, 15) is 19.7 Å².